The van der Waals surface area contributed by atoms with Gasteiger partial charge in [0.05, 0.1) is 0 Å². The molecule has 2 atom stereocenters. The Hall–Kier alpha value is -1.10. The van der Waals surface area contributed by atoms with Crippen LogP contribution in [0.5, 0.6) is 0 Å². The largest absolute Gasteiger partial charge is 0.480 e. The summed E-state index contributed by atoms with van der Waals surface area (Å²) < 4.78 is 0. The minimum Gasteiger partial charge on any atom is -0.480 e. The first-order chi connectivity index (χ1) is 8.09. The molecule has 1 amide bonds. The second-order valence-electron chi connectivity index (χ2n) is 5.18. The van der Waals surface area contributed by atoms with Gasteiger partial charge in [0.2, 0.25) is 5.91 Å². The molecule has 1 heterocycles. The lowest BCUT2D eigenvalue weighted by molar-refractivity contribution is -0.150. The molecule has 0 aromatic carbocycles. The van der Waals surface area contributed by atoms with Gasteiger partial charge in [0.25, 0.3) is 0 Å². The number of nitrogens with zero attached hydrogens (tertiary/aromatic N) is 1. The Balaban J connectivity index is 2.04. The fraction of sp³-hybridized carbons (Fsp3) is 0.833. The quantitative estimate of drug-likeness (QED) is 0.739. The average Bonchev–Trinajstić information content (AvgIpc) is 2.72. The van der Waals surface area contributed by atoms with E-state index in [4.69, 9.17) is 10.8 Å². The minimum absolute atomic E-state index is 0.00468. The highest BCUT2D eigenvalue weighted by Gasteiger charge is 2.40. The smallest absolute Gasteiger partial charge is 0.326 e. The van der Waals surface area contributed by atoms with E-state index in [2.05, 4.69) is 0 Å². The van der Waals surface area contributed by atoms with Crippen LogP contribution in [0.2, 0.25) is 0 Å². The molecule has 0 aromatic heterocycles. The summed E-state index contributed by atoms with van der Waals surface area (Å²) in [5.41, 5.74) is 5.76. The van der Waals surface area contributed by atoms with Gasteiger partial charge in [0.1, 0.15) is 6.04 Å². The van der Waals surface area contributed by atoms with Crippen LogP contribution >= 0.6 is 0 Å². The van der Waals surface area contributed by atoms with Gasteiger partial charge in [-0.2, -0.15) is 0 Å². The number of nitrogens with two attached hydrogens (primary N) is 1. The van der Waals surface area contributed by atoms with Gasteiger partial charge >= 0.3 is 5.97 Å². The SMILES string of the molecule is NC1CC(C(=O)O)N(C(=O)C2CCCCC2)C1. The number of hydrogen-bond donors (Lipinski definition) is 2. The summed E-state index contributed by atoms with van der Waals surface area (Å²) in [6.07, 6.45) is 5.52. The number of amides is 1. The molecular formula is C12H20N2O3. The van der Waals surface area contributed by atoms with Crippen LogP contribution in [0.3, 0.4) is 0 Å². The zero-order chi connectivity index (χ0) is 12.4. The van der Waals surface area contributed by atoms with Gasteiger partial charge in [-0.05, 0) is 19.3 Å². The zero-order valence-corrected chi connectivity index (χ0v) is 9.97. The van der Waals surface area contributed by atoms with Crippen molar-refractivity contribution in [3.05, 3.63) is 0 Å². The maximum Gasteiger partial charge on any atom is 0.326 e. The first kappa shape index (κ1) is 12.4. The van der Waals surface area contributed by atoms with Crippen LogP contribution in [0.15, 0.2) is 0 Å². The molecule has 3 N–H and O–H groups in total. The van der Waals surface area contributed by atoms with Gasteiger partial charge in [-0.25, -0.2) is 4.79 Å². The third-order valence-corrected chi connectivity index (χ3v) is 3.86. The Morgan fingerprint density at radius 3 is 2.41 bits per heavy atom. The Labute approximate surface area is 101 Å². The highest BCUT2D eigenvalue weighted by Crippen LogP contribution is 2.28. The molecule has 0 bridgehead atoms. The van der Waals surface area contributed by atoms with Crippen LogP contribution in [0.1, 0.15) is 38.5 Å². The Bertz CT molecular complexity index is 313. The molecule has 0 aromatic rings. The molecule has 1 saturated heterocycles. The summed E-state index contributed by atoms with van der Waals surface area (Å²) in [4.78, 5) is 24.9. The molecule has 5 nitrogen and oxygen atoms in total. The van der Waals surface area contributed by atoms with E-state index in [0.29, 0.717) is 13.0 Å². The Kier molecular flexibility index (Phi) is 3.66. The average molecular weight is 240 g/mol. The molecule has 1 saturated carbocycles. The molecule has 2 unspecified atom stereocenters. The molecule has 0 radical (unpaired) electrons. The topological polar surface area (TPSA) is 83.6 Å². The number of carbonyl (C=O) groups is 2. The van der Waals surface area contributed by atoms with Gasteiger partial charge in [0, 0.05) is 18.5 Å². The summed E-state index contributed by atoms with van der Waals surface area (Å²) >= 11 is 0. The van der Waals surface area contributed by atoms with Crippen molar-refractivity contribution in [2.75, 3.05) is 6.54 Å². The van der Waals surface area contributed by atoms with E-state index in [-0.39, 0.29) is 17.9 Å². The predicted molar refractivity (Wildman–Crippen MR) is 62.3 cm³/mol. The first-order valence-electron chi connectivity index (χ1n) is 6.38. The lowest BCUT2D eigenvalue weighted by Gasteiger charge is -2.28. The molecule has 2 aliphatic rings. The van der Waals surface area contributed by atoms with E-state index in [0.717, 1.165) is 25.7 Å². The van der Waals surface area contributed by atoms with Crippen LogP contribution in [0.25, 0.3) is 0 Å². The van der Waals surface area contributed by atoms with Crippen molar-refractivity contribution in [2.24, 2.45) is 11.7 Å². The van der Waals surface area contributed by atoms with Crippen LogP contribution < -0.4 is 5.73 Å². The molecule has 2 fully saturated rings. The molecule has 5 heteroatoms. The summed E-state index contributed by atoms with van der Waals surface area (Å²) in [6, 6.07) is -0.900. The summed E-state index contributed by atoms with van der Waals surface area (Å²) in [5, 5.41) is 9.10. The van der Waals surface area contributed by atoms with Gasteiger partial charge in [-0.1, -0.05) is 19.3 Å². The van der Waals surface area contributed by atoms with E-state index in [1.165, 1.54) is 11.3 Å². The maximum atomic E-state index is 12.3. The van der Waals surface area contributed by atoms with Crippen molar-refractivity contribution >= 4 is 11.9 Å². The van der Waals surface area contributed by atoms with Gasteiger partial charge in [0.15, 0.2) is 0 Å². The Morgan fingerprint density at radius 2 is 1.82 bits per heavy atom. The monoisotopic (exact) mass is 240 g/mol. The second kappa shape index (κ2) is 5.04. The molecule has 2 rings (SSSR count). The zero-order valence-electron chi connectivity index (χ0n) is 9.97. The van der Waals surface area contributed by atoms with Gasteiger partial charge in [-0.15, -0.1) is 0 Å². The summed E-state index contributed by atoms with van der Waals surface area (Å²) in [7, 11) is 0. The fourth-order valence-corrected chi connectivity index (χ4v) is 2.93. The molecule has 1 aliphatic heterocycles. The molecule has 96 valence electrons. The maximum absolute atomic E-state index is 12.3. The highest BCUT2D eigenvalue weighted by atomic mass is 16.4. The number of aliphatic carboxylic acids is 1. The van der Waals surface area contributed by atoms with Gasteiger partial charge < -0.3 is 15.7 Å². The third kappa shape index (κ3) is 2.60. The van der Waals surface area contributed by atoms with Crippen molar-refractivity contribution in [3.63, 3.8) is 0 Å². The first-order valence-corrected chi connectivity index (χ1v) is 6.38. The number of carbonyl (C=O) groups excluding carboxylic acids is 1. The van der Waals surface area contributed by atoms with E-state index in [9.17, 15) is 9.59 Å². The third-order valence-electron chi connectivity index (χ3n) is 3.86. The van der Waals surface area contributed by atoms with Crippen LogP contribution in [-0.4, -0.2) is 40.5 Å². The predicted octanol–water partition coefficient (Wildman–Crippen LogP) is 0.579. The van der Waals surface area contributed by atoms with Crippen LogP contribution in [0, 0.1) is 5.92 Å². The lowest BCUT2D eigenvalue weighted by Crippen LogP contribution is -2.44. The van der Waals surface area contributed by atoms with Crippen molar-refractivity contribution in [3.8, 4) is 0 Å². The number of carboxylic acid groups (broad SMARTS) is 1. The fourth-order valence-electron chi connectivity index (χ4n) is 2.93. The molecule has 0 spiro atoms. The van der Waals surface area contributed by atoms with Crippen molar-refractivity contribution in [1.29, 1.82) is 0 Å². The molecule has 17 heavy (non-hydrogen) atoms. The van der Waals surface area contributed by atoms with Crippen LogP contribution in [0.4, 0.5) is 0 Å². The standard InChI is InChI=1S/C12H20N2O3/c13-9-6-10(12(16)17)14(7-9)11(15)8-4-2-1-3-5-8/h8-10H,1-7,13H2,(H,16,17). The second-order valence-corrected chi connectivity index (χ2v) is 5.18. The lowest BCUT2D eigenvalue weighted by atomic mass is 9.88. The van der Waals surface area contributed by atoms with E-state index >= 15 is 0 Å². The molecular weight excluding hydrogens is 220 g/mol. The van der Waals surface area contributed by atoms with E-state index < -0.39 is 12.0 Å². The number of hydrogen-bond acceptors (Lipinski definition) is 3. The normalized spacial score (nSPS) is 30.5. The number of carboxylic acids is 1. The van der Waals surface area contributed by atoms with Crippen molar-refractivity contribution in [2.45, 2.75) is 50.6 Å². The molecule has 1 aliphatic carbocycles. The Morgan fingerprint density at radius 1 is 1.18 bits per heavy atom. The summed E-state index contributed by atoms with van der Waals surface area (Å²) in [6.45, 7) is 0.395. The number of rotatable bonds is 2. The number of likely N-dealkylation sites (tertiary alicyclic amines) is 1. The van der Waals surface area contributed by atoms with E-state index in [1.807, 2.05) is 0 Å². The van der Waals surface area contributed by atoms with E-state index in [1.54, 1.807) is 0 Å². The van der Waals surface area contributed by atoms with Crippen molar-refractivity contribution in [1.82, 2.24) is 4.90 Å². The van der Waals surface area contributed by atoms with Gasteiger partial charge in [-0.3, -0.25) is 4.79 Å². The van der Waals surface area contributed by atoms with Crippen LogP contribution in [-0.2, 0) is 9.59 Å². The van der Waals surface area contributed by atoms with Crippen molar-refractivity contribution < 1.29 is 14.7 Å². The minimum atomic E-state index is -0.929. The summed E-state index contributed by atoms with van der Waals surface area (Å²) in [5.74, 6) is -0.900. The highest BCUT2D eigenvalue weighted by molar-refractivity contribution is 5.86.